The highest BCUT2D eigenvalue weighted by Crippen LogP contribution is 2.35. The molecule has 0 saturated heterocycles. The van der Waals surface area contributed by atoms with Gasteiger partial charge in [-0.15, -0.1) is 6.58 Å². The molecule has 0 bridgehead atoms. The maximum atomic E-state index is 11.6. The van der Waals surface area contributed by atoms with E-state index in [2.05, 4.69) is 6.58 Å². The van der Waals surface area contributed by atoms with Gasteiger partial charge in [0.05, 0.1) is 0 Å². The number of carbonyl (C=O) groups excluding carboxylic acids is 2. The van der Waals surface area contributed by atoms with E-state index in [4.69, 9.17) is 11.6 Å². The van der Waals surface area contributed by atoms with Crippen LogP contribution in [0, 0.1) is 11.8 Å². The number of rotatable bonds is 6. The van der Waals surface area contributed by atoms with Crippen LogP contribution in [0.15, 0.2) is 12.7 Å². The molecule has 1 aliphatic rings. The molecular weight excluding hydrogens is 212 g/mol. The molecule has 0 aromatic heterocycles. The van der Waals surface area contributed by atoms with Crippen molar-refractivity contribution < 1.29 is 9.59 Å². The van der Waals surface area contributed by atoms with Crippen LogP contribution in [0.25, 0.3) is 0 Å². The molecule has 1 aliphatic carbocycles. The minimum absolute atomic E-state index is 0.0626. The summed E-state index contributed by atoms with van der Waals surface area (Å²) in [5.74, 6) is 0.557. The van der Waals surface area contributed by atoms with Crippen molar-refractivity contribution in [3.63, 3.8) is 0 Å². The van der Waals surface area contributed by atoms with E-state index < -0.39 is 0 Å². The van der Waals surface area contributed by atoms with Gasteiger partial charge in [-0.3, -0.25) is 9.59 Å². The Hall–Kier alpha value is -0.630. The lowest BCUT2D eigenvalue weighted by molar-refractivity contribution is -0.121. The molecule has 0 radical (unpaired) electrons. The Bertz CT molecular complexity index is 260. The first-order valence-electron chi connectivity index (χ1n) is 5.47. The van der Waals surface area contributed by atoms with Crippen LogP contribution >= 0.6 is 11.6 Å². The molecule has 0 aliphatic heterocycles. The molecule has 0 N–H and O–H groups in total. The van der Waals surface area contributed by atoms with Gasteiger partial charge < -0.3 is 0 Å². The Labute approximate surface area is 95.7 Å². The third-order valence-electron chi connectivity index (χ3n) is 3.09. The van der Waals surface area contributed by atoms with Gasteiger partial charge in [0.15, 0.2) is 0 Å². The predicted octanol–water partition coefficient (Wildman–Crippen LogP) is 3.09. The standard InChI is InChI=1S/C12H17ClO2/c1-2-3-4-5-10-9(8-12(13)15)6-7-11(10)14/h2,9-10H,1,3-8H2. The topological polar surface area (TPSA) is 34.1 Å². The van der Waals surface area contributed by atoms with E-state index in [1.165, 1.54) is 0 Å². The highest BCUT2D eigenvalue weighted by Gasteiger charge is 2.34. The number of Topliss-reactive ketones (excluding diaryl/α,β-unsaturated/α-hetero) is 1. The Morgan fingerprint density at radius 2 is 2.33 bits per heavy atom. The molecule has 1 rings (SSSR count). The summed E-state index contributed by atoms with van der Waals surface area (Å²) in [5.41, 5.74) is 0. The fourth-order valence-corrected chi connectivity index (χ4v) is 2.50. The molecule has 2 unspecified atom stereocenters. The van der Waals surface area contributed by atoms with E-state index in [0.717, 1.165) is 25.7 Å². The van der Waals surface area contributed by atoms with Crippen molar-refractivity contribution in [2.45, 2.75) is 38.5 Å². The lowest BCUT2D eigenvalue weighted by Gasteiger charge is -2.15. The molecule has 1 fully saturated rings. The molecule has 84 valence electrons. The summed E-state index contributed by atoms with van der Waals surface area (Å²) in [7, 11) is 0. The number of hydrogen-bond acceptors (Lipinski definition) is 2. The zero-order valence-electron chi connectivity index (χ0n) is 8.88. The van der Waals surface area contributed by atoms with Crippen LogP contribution < -0.4 is 0 Å². The second-order valence-electron chi connectivity index (χ2n) is 4.15. The average molecular weight is 229 g/mol. The van der Waals surface area contributed by atoms with Crippen molar-refractivity contribution >= 4 is 22.6 Å². The van der Waals surface area contributed by atoms with Crippen LogP contribution in [0.1, 0.15) is 38.5 Å². The summed E-state index contributed by atoms with van der Waals surface area (Å²) in [5, 5.41) is -0.316. The minimum Gasteiger partial charge on any atom is -0.299 e. The second-order valence-corrected chi connectivity index (χ2v) is 4.57. The molecule has 0 heterocycles. The summed E-state index contributed by atoms with van der Waals surface area (Å²) in [6.45, 7) is 3.65. The molecule has 0 amide bonds. The Balaban J connectivity index is 2.45. The molecule has 0 aromatic rings. The van der Waals surface area contributed by atoms with E-state index in [1.54, 1.807) is 0 Å². The lowest BCUT2D eigenvalue weighted by atomic mass is 9.88. The maximum Gasteiger partial charge on any atom is 0.221 e. The van der Waals surface area contributed by atoms with Crippen LogP contribution in [0.5, 0.6) is 0 Å². The monoisotopic (exact) mass is 228 g/mol. The van der Waals surface area contributed by atoms with Crippen molar-refractivity contribution in [1.82, 2.24) is 0 Å². The predicted molar refractivity (Wildman–Crippen MR) is 60.7 cm³/mol. The Kier molecular flexibility index (Phi) is 5.03. The third kappa shape index (κ3) is 3.78. The van der Waals surface area contributed by atoms with Gasteiger partial charge in [-0.05, 0) is 43.2 Å². The number of halogens is 1. The lowest BCUT2D eigenvalue weighted by Crippen LogP contribution is -2.16. The Morgan fingerprint density at radius 3 is 2.93 bits per heavy atom. The van der Waals surface area contributed by atoms with Crippen LogP contribution in [-0.2, 0) is 9.59 Å². The van der Waals surface area contributed by atoms with Crippen LogP contribution in [0.3, 0.4) is 0 Å². The SMILES string of the molecule is C=CCCCC1C(=O)CCC1CC(=O)Cl. The van der Waals surface area contributed by atoms with Crippen LogP contribution in [-0.4, -0.2) is 11.0 Å². The fourth-order valence-electron chi connectivity index (χ4n) is 2.31. The van der Waals surface area contributed by atoms with Gasteiger partial charge in [0.2, 0.25) is 5.24 Å². The quantitative estimate of drug-likeness (QED) is 0.398. The van der Waals surface area contributed by atoms with Crippen molar-refractivity contribution in [3.05, 3.63) is 12.7 Å². The molecule has 15 heavy (non-hydrogen) atoms. The first kappa shape index (κ1) is 12.4. The van der Waals surface area contributed by atoms with Crippen molar-refractivity contribution in [1.29, 1.82) is 0 Å². The van der Waals surface area contributed by atoms with Gasteiger partial charge in [-0.25, -0.2) is 0 Å². The molecule has 2 atom stereocenters. The fraction of sp³-hybridized carbons (Fsp3) is 0.667. The minimum atomic E-state index is -0.316. The molecular formula is C12H17ClO2. The number of allylic oxidation sites excluding steroid dienone is 1. The summed E-state index contributed by atoms with van der Waals surface area (Å²) in [4.78, 5) is 22.4. The molecule has 0 spiro atoms. The summed E-state index contributed by atoms with van der Waals surface area (Å²) >= 11 is 5.37. The first-order valence-corrected chi connectivity index (χ1v) is 5.85. The zero-order chi connectivity index (χ0) is 11.3. The van der Waals surface area contributed by atoms with Gasteiger partial charge >= 0.3 is 0 Å². The zero-order valence-corrected chi connectivity index (χ0v) is 9.63. The molecule has 0 aromatic carbocycles. The van der Waals surface area contributed by atoms with Crippen molar-refractivity contribution in [2.75, 3.05) is 0 Å². The maximum absolute atomic E-state index is 11.6. The highest BCUT2D eigenvalue weighted by molar-refractivity contribution is 6.63. The van der Waals surface area contributed by atoms with Gasteiger partial charge in [-0.2, -0.15) is 0 Å². The Morgan fingerprint density at radius 1 is 1.60 bits per heavy atom. The van der Waals surface area contributed by atoms with E-state index in [-0.39, 0.29) is 17.1 Å². The van der Waals surface area contributed by atoms with E-state index in [1.807, 2.05) is 6.08 Å². The smallest absolute Gasteiger partial charge is 0.221 e. The first-order chi connectivity index (χ1) is 7.15. The van der Waals surface area contributed by atoms with E-state index in [9.17, 15) is 9.59 Å². The average Bonchev–Trinajstić information content (AvgIpc) is 2.49. The number of hydrogen-bond donors (Lipinski definition) is 0. The van der Waals surface area contributed by atoms with Gasteiger partial charge in [0.1, 0.15) is 5.78 Å². The largest absolute Gasteiger partial charge is 0.299 e. The summed E-state index contributed by atoms with van der Waals surface area (Å²) in [6, 6.07) is 0. The molecule has 3 heteroatoms. The van der Waals surface area contributed by atoms with Crippen molar-refractivity contribution in [3.8, 4) is 0 Å². The number of unbranched alkanes of at least 4 members (excludes halogenated alkanes) is 1. The summed E-state index contributed by atoms with van der Waals surface area (Å²) < 4.78 is 0. The van der Waals surface area contributed by atoms with Crippen LogP contribution in [0.4, 0.5) is 0 Å². The number of ketones is 1. The summed E-state index contributed by atoms with van der Waals surface area (Å²) in [6.07, 6.45) is 6.45. The molecule has 1 saturated carbocycles. The van der Waals surface area contributed by atoms with Gasteiger partial charge in [-0.1, -0.05) is 6.08 Å². The third-order valence-corrected chi connectivity index (χ3v) is 3.24. The van der Waals surface area contributed by atoms with Gasteiger partial charge in [0, 0.05) is 18.8 Å². The van der Waals surface area contributed by atoms with E-state index >= 15 is 0 Å². The highest BCUT2D eigenvalue weighted by atomic mass is 35.5. The van der Waals surface area contributed by atoms with Crippen molar-refractivity contribution in [2.24, 2.45) is 11.8 Å². The molecule has 2 nitrogen and oxygen atoms in total. The van der Waals surface area contributed by atoms with Gasteiger partial charge in [0.25, 0.3) is 0 Å². The second kappa shape index (κ2) is 6.06. The van der Waals surface area contributed by atoms with Crippen LogP contribution in [0.2, 0.25) is 0 Å². The van der Waals surface area contributed by atoms with E-state index in [0.29, 0.717) is 18.6 Å². The number of carbonyl (C=O) groups is 2. The normalized spacial score (nSPS) is 25.5.